The Morgan fingerprint density at radius 3 is 2.76 bits per heavy atom. The summed E-state index contributed by atoms with van der Waals surface area (Å²) in [5, 5.41) is 3.97. The fourth-order valence-corrected chi connectivity index (χ4v) is 2.45. The summed E-state index contributed by atoms with van der Waals surface area (Å²) in [7, 11) is 0. The lowest BCUT2D eigenvalue weighted by atomic mass is 10.0. The van der Waals surface area contributed by atoms with Gasteiger partial charge in [-0.05, 0) is 49.7 Å². The van der Waals surface area contributed by atoms with Gasteiger partial charge in [-0.1, -0.05) is 35.4 Å². The fourth-order valence-electron chi connectivity index (χ4n) is 2.34. The Morgan fingerprint density at radius 2 is 2.00 bits per heavy atom. The van der Waals surface area contributed by atoms with Gasteiger partial charge in [0, 0.05) is 12.3 Å². The topological polar surface area (TPSA) is 34.1 Å². The van der Waals surface area contributed by atoms with Gasteiger partial charge >= 0.3 is 0 Å². The largest absolute Gasteiger partial charge is 0.439 e. The van der Waals surface area contributed by atoms with Crippen LogP contribution in [0.1, 0.15) is 18.4 Å². The van der Waals surface area contributed by atoms with Crippen LogP contribution >= 0.6 is 11.6 Å². The second kappa shape index (κ2) is 6.74. The van der Waals surface area contributed by atoms with Crippen molar-refractivity contribution < 1.29 is 4.74 Å². The van der Waals surface area contributed by atoms with Crippen LogP contribution in [0, 0.1) is 0 Å². The number of rotatable bonds is 3. The molecule has 3 nitrogen and oxygen atoms in total. The van der Waals surface area contributed by atoms with Crippen LogP contribution in [-0.4, -0.2) is 18.1 Å². The van der Waals surface area contributed by atoms with Crippen molar-refractivity contribution in [3.05, 3.63) is 58.8 Å². The third-order valence-corrected chi connectivity index (χ3v) is 3.62. The van der Waals surface area contributed by atoms with Gasteiger partial charge in [0.25, 0.3) is 0 Å². The average molecular weight is 301 g/mol. The monoisotopic (exact) mass is 300 g/mol. The number of aromatic nitrogens is 1. The van der Waals surface area contributed by atoms with Gasteiger partial charge in [-0.2, -0.15) is 0 Å². The molecule has 4 heteroatoms. The van der Waals surface area contributed by atoms with Crippen molar-refractivity contribution in [2.24, 2.45) is 0 Å². The fraction of sp³-hybridized carbons (Fsp3) is 0.235. The van der Waals surface area contributed by atoms with E-state index in [4.69, 9.17) is 16.3 Å². The molecule has 0 bridgehead atoms. The number of nitrogens with zero attached hydrogens (tertiary/aromatic N) is 1. The molecule has 3 rings (SSSR count). The van der Waals surface area contributed by atoms with Crippen LogP contribution < -0.4 is 10.1 Å². The standard InChI is InChI=1S/C17H17ClN2O/c18-15-4-5-17(20-12-15)21-16-3-1-2-14(11-16)10-13-6-8-19-9-7-13/h1-5,10-12,19H,6-9H2. The molecule has 1 saturated heterocycles. The molecule has 0 aliphatic carbocycles. The SMILES string of the molecule is Clc1ccc(Oc2cccc(C=C3CCNCC3)c2)nc1. The van der Waals surface area contributed by atoms with Crippen LogP contribution in [-0.2, 0) is 0 Å². The average Bonchev–Trinajstić information content (AvgIpc) is 2.51. The molecule has 21 heavy (non-hydrogen) atoms. The van der Waals surface area contributed by atoms with Gasteiger partial charge in [0.15, 0.2) is 0 Å². The van der Waals surface area contributed by atoms with E-state index in [9.17, 15) is 0 Å². The molecule has 0 saturated carbocycles. The van der Waals surface area contributed by atoms with Gasteiger partial charge in [-0.25, -0.2) is 4.98 Å². The zero-order valence-electron chi connectivity index (χ0n) is 11.7. The number of halogens is 1. The van der Waals surface area contributed by atoms with Gasteiger partial charge in [0.05, 0.1) is 5.02 Å². The second-order valence-electron chi connectivity index (χ2n) is 5.04. The van der Waals surface area contributed by atoms with E-state index >= 15 is 0 Å². The highest BCUT2D eigenvalue weighted by Gasteiger charge is 2.05. The van der Waals surface area contributed by atoms with Crippen LogP contribution in [0.15, 0.2) is 48.2 Å². The Morgan fingerprint density at radius 1 is 1.14 bits per heavy atom. The Kier molecular flexibility index (Phi) is 4.53. The maximum atomic E-state index is 5.82. The molecule has 1 aromatic carbocycles. The molecule has 2 heterocycles. The summed E-state index contributed by atoms with van der Waals surface area (Å²) in [4.78, 5) is 4.14. The summed E-state index contributed by atoms with van der Waals surface area (Å²) < 4.78 is 5.75. The minimum absolute atomic E-state index is 0.547. The first-order valence-electron chi connectivity index (χ1n) is 7.09. The zero-order valence-corrected chi connectivity index (χ0v) is 12.4. The van der Waals surface area contributed by atoms with Gasteiger partial charge < -0.3 is 10.1 Å². The maximum absolute atomic E-state index is 5.82. The molecular weight excluding hydrogens is 284 g/mol. The molecule has 108 valence electrons. The molecule has 1 aliphatic heterocycles. The van der Waals surface area contributed by atoms with E-state index in [2.05, 4.69) is 22.4 Å². The van der Waals surface area contributed by atoms with Crippen molar-refractivity contribution >= 4 is 17.7 Å². The second-order valence-corrected chi connectivity index (χ2v) is 5.48. The Bertz CT molecular complexity index is 629. The summed E-state index contributed by atoms with van der Waals surface area (Å²) >= 11 is 5.82. The molecule has 1 N–H and O–H groups in total. The summed E-state index contributed by atoms with van der Waals surface area (Å²) in [6, 6.07) is 11.6. The first kappa shape index (κ1) is 14.1. The highest BCUT2D eigenvalue weighted by atomic mass is 35.5. The minimum atomic E-state index is 0.547. The van der Waals surface area contributed by atoms with Crippen molar-refractivity contribution in [1.29, 1.82) is 0 Å². The summed E-state index contributed by atoms with van der Waals surface area (Å²) in [5.74, 6) is 1.33. The van der Waals surface area contributed by atoms with Gasteiger partial charge in [0.2, 0.25) is 5.88 Å². The van der Waals surface area contributed by atoms with E-state index in [1.807, 2.05) is 18.2 Å². The number of pyridine rings is 1. The molecule has 1 aliphatic rings. The Labute approximate surface area is 129 Å². The van der Waals surface area contributed by atoms with Crippen molar-refractivity contribution in [2.75, 3.05) is 13.1 Å². The number of benzene rings is 1. The summed E-state index contributed by atoms with van der Waals surface area (Å²) in [6.45, 7) is 2.13. The molecular formula is C17H17ClN2O. The van der Waals surface area contributed by atoms with Crippen molar-refractivity contribution in [3.63, 3.8) is 0 Å². The van der Waals surface area contributed by atoms with Crippen LogP contribution in [0.3, 0.4) is 0 Å². The highest BCUT2D eigenvalue weighted by Crippen LogP contribution is 2.23. The molecule has 1 aromatic heterocycles. The van der Waals surface area contributed by atoms with Gasteiger partial charge in [0.1, 0.15) is 5.75 Å². The minimum Gasteiger partial charge on any atom is -0.439 e. The predicted molar refractivity (Wildman–Crippen MR) is 85.8 cm³/mol. The van der Waals surface area contributed by atoms with E-state index in [-0.39, 0.29) is 0 Å². The maximum Gasteiger partial charge on any atom is 0.219 e. The van der Waals surface area contributed by atoms with Crippen molar-refractivity contribution in [1.82, 2.24) is 10.3 Å². The van der Waals surface area contributed by atoms with Crippen molar-refractivity contribution in [2.45, 2.75) is 12.8 Å². The van der Waals surface area contributed by atoms with Crippen molar-refractivity contribution in [3.8, 4) is 11.6 Å². The Hall–Kier alpha value is -1.84. The number of hydrogen-bond donors (Lipinski definition) is 1. The van der Waals surface area contributed by atoms with E-state index in [1.54, 1.807) is 18.3 Å². The first-order chi connectivity index (χ1) is 10.3. The van der Waals surface area contributed by atoms with Crippen LogP contribution in [0.4, 0.5) is 0 Å². The predicted octanol–water partition coefficient (Wildman–Crippen LogP) is 4.29. The van der Waals surface area contributed by atoms with E-state index in [1.165, 1.54) is 11.1 Å². The quantitative estimate of drug-likeness (QED) is 0.918. The molecule has 2 aromatic rings. The molecule has 0 amide bonds. The summed E-state index contributed by atoms with van der Waals surface area (Å²) in [5.41, 5.74) is 2.65. The molecule has 0 atom stereocenters. The van der Waals surface area contributed by atoms with Gasteiger partial charge in [-0.15, -0.1) is 0 Å². The van der Waals surface area contributed by atoms with Crippen LogP contribution in [0.2, 0.25) is 5.02 Å². The van der Waals surface area contributed by atoms with Crippen LogP contribution in [0.5, 0.6) is 11.6 Å². The number of ether oxygens (including phenoxy) is 1. The third-order valence-electron chi connectivity index (χ3n) is 3.40. The van der Waals surface area contributed by atoms with Gasteiger partial charge in [-0.3, -0.25) is 0 Å². The van der Waals surface area contributed by atoms with Crippen LogP contribution in [0.25, 0.3) is 6.08 Å². The molecule has 0 radical (unpaired) electrons. The zero-order chi connectivity index (χ0) is 14.5. The normalized spacial score (nSPS) is 14.8. The lowest BCUT2D eigenvalue weighted by Gasteiger charge is -2.15. The molecule has 0 spiro atoms. The van der Waals surface area contributed by atoms with E-state index in [0.29, 0.717) is 10.9 Å². The smallest absolute Gasteiger partial charge is 0.219 e. The summed E-state index contributed by atoms with van der Waals surface area (Å²) in [6.07, 6.45) is 6.06. The third kappa shape index (κ3) is 4.06. The number of nitrogens with one attached hydrogen (secondary N) is 1. The highest BCUT2D eigenvalue weighted by molar-refractivity contribution is 6.30. The molecule has 0 unspecified atom stereocenters. The Balaban J connectivity index is 1.75. The van der Waals surface area contributed by atoms with E-state index in [0.717, 1.165) is 31.7 Å². The van der Waals surface area contributed by atoms with E-state index < -0.39 is 0 Å². The number of piperidine rings is 1. The first-order valence-corrected chi connectivity index (χ1v) is 7.47. The lowest BCUT2D eigenvalue weighted by Crippen LogP contribution is -2.22. The number of hydrogen-bond acceptors (Lipinski definition) is 3. The molecule has 1 fully saturated rings. The lowest BCUT2D eigenvalue weighted by molar-refractivity contribution is 0.463.